The van der Waals surface area contributed by atoms with Crippen LogP contribution in [-0.4, -0.2) is 47.2 Å². The fraction of sp³-hybridized carbons (Fsp3) is 0.350. The van der Waals surface area contributed by atoms with Gasteiger partial charge in [0.2, 0.25) is 0 Å². The number of allylic oxidation sites excluding steroid dienone is 1. The highest BCUT2D eigenvalue weighted by Gasteiger charge is 2.28. The van der Waals surface area contributed by atoms with Gasteiger partial charge in [0.25, 0.3) is 5.91 Å². The largest absolute Gasteiger partial charge is 0.461 e. The Hall–Kier alpha value is -2.89. The minimum Gasteiger partial charge on any atom is -0.461 e. The maximum atomic E-state index is 13.0. The van der Waals surface area contributed by atoms with Gasteiger partial charge < -0.3 is 14.5 Å². The highest BCUT2D eigenvalue weighted by atomic mass is 16.5. The van der Waals surface area contributed by atoms with Gasteiger partial charge in [-0.3, -0.25) is 4.79 Å². The normalized spacial score (nSPS) is 17.0. The highest BCUT2D eigenvalue weighted by molar-refractivity contribution is 5.95. The van der Waals surface area contributed by atoms with Gasteiger partial charge in [0.1, 0.15) is 11.5 Å². The van der Waals surface area contributed by atoms with E-state index in [1.165, 1.54) is 0 Å². The second-order valence-electron chi connectivity index (χ2n) is 6.73. The summed E-state index contributed by atoms with van der Waals surface area (Å²) >= 11 is 0. The van der Waals surface area contributed by atoms with Gasteiger partial charge >= 0.3 is 0 Å². The van der Waals surface area contributed by atoms with Crippen LogP contribution in [0.15, 0.2) is 47.7 Å². The van der Waals surface area contributed by atoms with Crippen molar-refractivity contribution >= 4 is 11.7 Å². The van der Waals surface area contributed by atoms with Gasteiger partial charge in [0.15, 0.2) is 5.82 Å². The molecule has 0 aliphatic carbocycles. The highest BCUT2D eigenvalue weighted by Crippen LogP contribution is 2.30. The molecule has 0 atom stereocenters. The van der Waals surface area contributed by atoms with Crippen molar-refractivity contribution in [2.75, 3.05) is 31.1 Å². The van der Waals surface area contributed by atoms with Crippen LogP contribution in [0.1, 0.15) is 18.2 Å². The number of nitrogens with zero attached hydrogens (tertiary/aromatic N) is 4. The fourth-order valence-corrected chi connectivity index (χ4v) is 3.41. The molecule has 1 saturated heterocycles. The molecule has 26 heavy (non-hydrogen) atoms. The fourth-order valence-electron chi connectivity index (χ4n) is 3.41. The molecule has 0 bridgehead atoms. The molecule has 0 spiro atoms. The SMILES string of the molecule is CC1=C(C(=O)N2CCN(c3ccc(C)nn3)CC2)Cc2ccccc2O1. The van der Waals surface area contributed by atoms with Crippen LogP contribution < -0.4 is 9.64 Å². The predicted molar refractivity (Wildman–Crippen MR) is 99.0 cm³/mol. The van der Waals surface area contributed by atoms with Gasteiger partial charge in [-0.1, -0.05) is 18.2 Å². The number of amides is 1. The Morgan fingerprint density at radius 1 is 1.00 bits per heavy atom. The number of aryl methyl sites for hydroxylation is 1. The standard InChI is InChI=1S/C20H22N4O2/c1-14-7-8-19(22-21-14)23-9-11-24(12-10-23)20(25)17-13-16-5-3-4-6-18(16)26-15(17)2/h3-8H,9-13H2,1-2H3. The van der Waals surface area contributed by atoms with Crippen molar-refractivity contribution in [1.82, 2.24) is 15.1 Å². The van der Waals surface area contributed by atoms with E-state index in [1.807, 2.05) is 55.1 Å². The van der Waals surface area contributed by atoms with Gasteiger partial charge in [-0.25, -0.2) is 0 Å². The molecule has 0 saturated carbocycles. The van der Waals surface area contributed by atoms with Crippen LogP contribution in [0, 0.1) is 6.92 Å². The van der Waals surface area contributed by atoms with E-state index < -0.39 is 0 Å². The Labute approximate surface area is 153 Å². The van der Waals surface area contributed by atoms with E-state index in [0.29, 0.717) is 25.3 Å². The number of rotatable bonds is 2. The van der Waals surface area contributed by atoms with Crippen LogP contribution >= 0.6 is 0 Å². The summed E-state index contributed by atoms with van der Waals surface area (Å²) < 4.78 is 5.86. The second-order valence-corrected chi connectivity index (χ2v) is 6.73. The Balaban J connectivity index is 1.43. The zero-order valence-corrected chi connectivity index (χ0v) is 15.1. The van der Waals surface area contributed by atoms with Gasteiger partial charge in [-0.2, -0.15) is 5.10 Å². The summed E-state index contributed by atoms with van der Waals surface area (Å²) in [4.78, 5) is 17.1. The zero-order chi connectivity index (χ0) is 18.1. The van der Waals surface area contributed by atoms with Crippen LogP contribution in [0.5, 0.6) is 5.75 Å². The summed E-state index contributed by atoms with van der Waals surface area (Å²) in [5.41, 5.74) is 2.73. The number of carbonyl (C=O) groups excluding carboxylic acids is 1. The molecule has 2 aliphatic rings. The van der Waals surface area contributed by atoms with Gasteiger partial charge in [0.05, 0.1) is 11.3 Å². The summed E-state index contributed by atoms with van der Waals surface area (Å²) in [5, 5.41) is 8.36. The first-order chi connectivity index (χ1) is 12.6. The molecule has 0 unspecified atom stereocenters. The molecule has 3 heterocycles. The topological polar surface area (TPSA) is 58.6 Å². The van der Waals surface area contributed by atoms with Crippen LogP contribution in [-0.2, 0) is 11.2 Å². The first-order valence-corrected chi connectivity index (χ1v) is 8.92. The van der Waals surface area contributed by atoms with Crippen LogP contribution in [0.2, 0.25) is 0 Å². The van der Waals surface area contributed by atoms with E-state index in [4.69, 9.17) is 4.74 Å². The molecule has 1 fully saturated rings. The third-order valence-corrected chi connectivity index (χ3v) is 4.96. The Morgan fingerprint density at radius 2 is 1.77 bits per heavy atom. The molecule has 1 aromatic heterocycles. The molecule has 2 aromatic rings. The number of aromatic nitrogens is 2. The lowest BCUT2D eigenvalue weighted by molar-refractivity contribution is -0.127. The molecular weight excluding hydrogens is 328 g/mol. The zero-order valence-electron chi connectivity index (χ0n) is 15.1. The van der Waals surface area contributed by atoms with E-state index in [1.54, 1.807) is 0 Å². The number of hydrogen-bond acceptors (Lipinski definition) is 5. The van der Waals surface area contributed by atoms with Crippen LogP contribution in [0.3, 0.4) is 0 Å². The summed E-state index contributed by atoms with van der Waals surface area (Å²) in [6.45, 7) is 6.66. The lowest BCUT2D eigenvalue weighted by Crippen LogP contribution is -2.50. The Morgan fingerprint density at radius 3 is 2.50 bits per heavy atom. The van der Waals surface area contributed by atoms with Crippen LogP contribution in [0.25, 0.3) is 0 Å². The van der Waals surface area contributed by atoms with Crippen LogP contribution in [0.4, 0.5) is 5.82 Å². The number of hydrogen-bond donors (Lipinski definition) is 0. The molecule has 2 aliphatic heterocycles. The molecule has 1 amide bonds. The minimum atomic E-state index is 0.0756. The van der Waals surface area contributed by atoms with Gasteiger partial charge in [-0.15, -0.1) is 5.10 Å². The van der Waals surface area contributed by atoms with Gasteiger partial charge in [0, 0.05) is 32.6 Å². The third-order valence-electron chi connectivity index (χ3n) is 4.96. The number of para-hydroxylation sites is 1. The lowest BCUT2D eigenvalue weighted by Gasteiger charge is -2.36. The van der Waals surface area contributed by atoms with E-state index in [2.05, 4.69) is 15.1 Å². The number of carbonyl (C=O) groups is 1. The van der Waals surface area contributed by atoms with Crippen molar-refractivity contribution in [3.05, 3.63) is 59.0 Å². The number of fused-ring (bicyclic) bond motifs is 1. The number of anilines is 1. The Bertz CT molecular complexity index is 852. The average molecular weight is 350 g/mol. The van der Waals surface area contributed by atoms with Gasteiger partial charge in [-0.05, 0) is 37.6 Å². The van der Waals surface area contributed by atoms with Crippen molar-refractivity contribution < 1.29 is 9.53 Å². The monoisotopic (exact) mass is 350 g/mol. The predicted octanol–water partition coefficient (Wildman–Crippen LogP) is 2.34. The number of benzene rings is 1. The lowest BCUT2D eigenvalue weighted by atomic mass is 9.99. The number of ether oxygens (including phenoxy) is 1. The van der Waals surface area contributed by atoms with Crippen molar-refractivity contribution in [2.45, 2.75) is 20.3 Å². The Kier molecular flexibility index (Phi) is 4.32. The van der Waals surface area contributed by atoms with Crippen molar-refractivity contribution in [3.8, 4) is 5.75 Å². The molecule has 0 radical (unpaired) electrons. The maximum absolute atomic E-state index is 13.0. The molecule has 4 rings (SSSR count). The first-order valence-electron chi connectivity index (χ1n) is 8.92. The van der Waals surface area contributed by atoms with E-state index >= 15 is 0 Å². The molecule has 1 aromatic carbocycles. The molecule has 134 valence electrons. The average Bonchev–Trinajstić information content (AvgIpc) is 2.68. The van der Waals surface area contributed by atoms with Crippen molar-refractivity contribution in [1.29, 1.82) is 0 Å². The number of piperazine rings is 1. The summed E-state index contributed by atoms with van der Waals surface area (Å²) in [5.74, 6) is 2.50. The molecule has 6 nitrogen and oxygen atoms in total. The van der Waals surface area contributed by atoms with E-state index in [0.717, 1.165) is 41.5 Å². The summed E-state index contributed by atoms with van der Waals surface area (Å²) in [6, 6.07) is 11.8. The molecule has 6 heteroatoms. The van der Waals surface area contributed by atoms with Crippen molar-refractivity contribution in [3.63, 3.8) is 0 Å². The summed E-state index contributed by atoms with van der Waals surface area (Å²) in [6.07, 6.45) is 0.629. The molecule has 0 N–H and O–H groups in total. The second kappa shape index (κ2) is 6.78. The smallest absolute Gasteiger partial charge is 0.253 e. The maximum Gasteiger partial charge on any atom is 0.253 e. The van der Waals surface area contributed by atoms with E-state index in [-0.39, 0.29) is 5.91 Å². The van der Waals surface area contributed by atoms with Crippen molar-refractivity contribution in [2.24, 2.45) is 0 Å². The summed E-state index contributed by atoms with van der Waals surface area (Å²) in [7, 11) is 0. The van der Waals surface area contributed by atoms with E-state index in [9.17, 15) is 4.79 Å². The first kappa shape index (κ1) is 16.6. The molecular formula is C20H22N4O2. The quantitative estimate of drug-likeness (QED) is 0.832. The minimum absolute atomic E-state index is 0.0756. The third kappa shape index (κ3) is 3.14.